The molecule has 1 rings (SSSR count). The number of nitrogen functional groups attached to an aromatic ring is 1. The molecule has 6 nitrogen and oxygen atoms in total. The van der Waals surface area contributed by atoms with Crippen LogP contribution in [0.3, 0.4) is 0 Å². The molecule has 0 amide bonds. The summed E-state index contributed by atoms with van der Waals surface area (Å²) in [5.74, 6) is 0. The van der Waals surface area contributed by atoms with E-state index >= 15 is 0 Å². The third kappa shape index (κ3) is 2.76. The molecule has 1 heterocycles. The molecule has 0 unspecified atom stereocenters. The van der Waals surface area contributed by atoms with Gasteiger partial charge in [0.25, 0.3) is 10.0 Å². The number of nitrogens with zero attached hydrogens (tertiary/aromatic N) is 2. The van der Waals surface area contributed by atoms with Crippen LogP contribution in [0.1, 0.15) is 6.92 Å². The summed E-state index contributed by atoms with van der Waals surface area (Å²) < 4.78 is 25.1. The molecule has 0 aromatic carbocycles. The number of hydrogen-bond donors (Lipinski definition) is 2. The molecule has 0 aliphatic carbocycles. The van der Waals surface area contributed by atoms with Gasteiger partial charge in [0.15, 0.2) is 0 Å². The van der Waals surface area contributed by atoms with E-state index in [0.717, 1.165) is 11.3 Å². The molecule has 1 aromatic rings. The van der Waals surface area contributed by atoms with Gasteiger partial charge in [-0.05, 0) is 6.92 Å². The Morgan fingerprint density at radius 3 is 2.71 bits per heavy atom. The second kappa shape index (κ2) is 4.03. The lowest BCUT2D eigenvalue weighted by Gasteiger charge is -2.01. The Hall–Kier alpha value is -0.990. The SMILES string of the molecule is C=C(C)CNS(=O)(=O)c1nnc(N)s1. The van der Waals surface area contributed by atoms with Crippen molar-refractivity contribution < 1.29 is 8.42 Å². The third-order valence-electron chi connectivity index (χ3n) is 1.22. The molecule has 78 valence electrons. The lowest BCUT2D eigenvalue weighted by atomic mass is 10.4. The van der Waals surface area contributed by atoms with Gasteiger partial charge < -0.3 is 5.73 Å². The fraction of sp³-hybridized carbons (Fsp3) is 0.333. The van der Waals surface area contributed by atoms with Crippen LogP contribution >= 0.6 is 11.3 Å². The highest BCUT2D eigenvalue weighted by atomic mass is 32.2. The minimum atomic E-state index is -3.58. The predicted octanol–water partition coefficient (Wildman–Crippen LogP) is -0.0253. The van der Waals surface area contributed by atoms with Crippen LogP contribution in [0.5, 0.6) is 0 Å². The summed E-state index contributed by atoms with van der Waals surface area (Å²) >= 11 is 0.822. The van der Waals surface area contributed by atoms with Crippen LogP contribution in [-0.4, -0.2) is 25.2 Å². The first-order valence-electron chi connectivity index (χ1n) is 3.65. The molecule has 0 atom stereocenters. The Labute approximate surface area is 85.9 Å². The minimum Gasteiger partial charge on any atom is -0.374 e. The van der Waals surface area contributed by atoms with Gasteiger partial charge >= 0.3 is 0 Å². The summed E-state index contributed by atoms with van der Waals surface area (Å²) in [5.41, 5.74) is 5.98. The lowest BCUT2D eigenvalue weighted by molar-refractivity contribution is 0.582. The lowest BCUT2D eigenvalue weighted by Crippen LogP contribution is -2.25. The second-order valence-corrected chi connectivity index (χ2v) is 5.64. The normalized spacial score (nSPS) is 11.5. The summed E-state index contributed by atoms with van der Waals surface area (Å²) in [6, 6.07) is 0. The van der Waals surface area contributed by atoms with Crippen molar-refractivity contribution in [3.63, 3.8) is 0 Å². The predicted molar refractivity (Wildman–Crippen MR) is 54.3 cm³/mol. The molecule has 8 heteroatoms. The highest BCUT2D eigenvalue weighted by Crippen LogP contribution is 2.16. The van der Waals surface area contributed by atoms with Gasteiger partial charge in [0.1, 0.15) is 0 Å². The number of nitrogens with two attached hydrogens (primary N) is 1. The molecular weight excluding hydrogens is 224 g/mol. The van der Waals surface area contributed by atoms with Gasteiger partial charge in [-0.3, -0.25) is 0 Å². The number of rotatable bonds is 4. The summed E-state index contributed by atoms with van der Waals surface area (Å²) in [5, 5.41) is 6.97. The van der Waals surface area contributed by atoms with E-state index in [9.17, 15) is 8.42 Å². The highest BCUT2D eigenvalue weighted by Gasteiger charge is 2.18. The Bertz CT molecular complexity index is 436. The maximum atomic E-state index is 11.5. The van der Waals surface area contributed by atoms with Crippen molar-refractivity contribution in [1.29, 1.82) is 0 Å². The van der Waals surface area contributed by atoms with Gasteiger partial charge in [-0.1, -0.05) is 23.5 Å². The standard InChI is InChI=1S/C6H10N4O2S2/c1-4(2)3-8-14(11,12)6-10-9-5(7)13-6/h8H,1,3H2,2H3,(H2,7,9). The summed E-state index contributed by atoms with van der Waals surface area (Å²) in [7, 11) is -3.58. The first kappa shape index (κ1) is 11.1. The van der Waals surface area contributed by atoms with Gasteiger partial charge in [0.2, 0.25) is 9.47 Å². The fourth-order valence-corrected chi connectivity index (χ4v) is 2.53. The molecule has 0 radical (unpaired) electrons. The van der Waals surface area contributed by atoms with E-state index in [1.165, 1.54) is 0 Å². The molecule has 0 aliphatic heterocycles. The maximum Gasteiger partial charge on any atom is 0.270 e. The molecule has 3 N–H and O–H groups in total. The van der Waals surface area contributed by atoms with Gasteiger partial charge in [-0.25, -0.2) is 13.1 Å². The topological polar surface area (TPSA) is 98.0 Å². The van der Waals surface area contributed by atoms with Crippen LogP contribution in [0.15, 0.2) is 16.5 Å². The van der Waals surface area contributed by atoms with Crippen LogP contribution in [0.4, 0.5) is 5.13 Å². The van der Waals surface area contributed by atoms with Crippen molar-refractivity contribution in [2.45, 2.75) is 11.3 Å². The number of hydrogen-bond acceptors (Lipinski definition) is 6. The first-order valence-corrected chi connectivity index (χ1v) is 5.95. The molecule has 0 fully saturated rings. The van der Waals surface area contributed by atoms with Crippen molar-refractivity contribution in [1.82, 2.24) is 14.9 Å². The average Bonchev–Trinajstić information content (AvgIpc) is 2.49. The molecule has 0 aliphatic rings. The summed E-state index contributed by atoms with van der Waals surface area (Å²) in [6.07, 6.45) is 0. The van der Waals surface area contributed by atoms with Crippen molar-refractivity contribution in [2.24, 2.45) is 0 Å². The van der Waals surface area contributed by atoms with E-state index in [2.05, 4.69) is 21.5 Å². The largest absolute Gasteiger partial charge is 0.374 e. The van der Waals surface area contributed by atoms with E-state index < -0.39 is 10.0 Å². The van der Waals surface area contributed by atoms with Gasteiger partial charge in [-0.2, -0.15) is 0 Å². The average molecular weight is 234 g/mol. The van der Waals surface area contributed by atoms with E-state index in [1.807, 2.05) is 0 Å². The second-order valence-electron chi connectivity index (χ2n) is 2.69. The Balaban J connectivity index is 2.81. The zero-order chi connectivity index (χ0) is 10.8. The quantitative estimate of drug-likeness (QED) is 0.713. The van der Waals surface area contributed by atoms with Crippen LogP contribution in [0.25, 0.3) is 0 Å². The van der Waals surface area contributed by atoms with Crippen LogP contribution in [0, 0.1) is 0 Å². The van der Waals surface area contributed by atoms with E-state index in [1.54, 1.807) is 6.92 Å². The van der Waals surface area contributed by atoms with Crippen LogP contribution in [-0.2, 0) is 10.0 Å². The van der Waals surface area contributed by atoms with Crippen LogP contribution in [0.2, 0.25) is 0 Å². The molecular formula is C6H10N4O2S2. The van der Waals surface area contributed by atoms with Crippen molar-refractivity contribution >= 4 is 26.5 Å². The van der Waals surface area contributed by atoms with E-state index in [4.69, 9.17) is 5.73 Å². The van der Waals surface area contributed by atoms with Gasteiger partial charge in [0, 0.05) is 6.54 Å². The number of aromatic nitrogens is 2. The smallest absolute Gasteiger partial charge is 0.270 e. The molecule has 0 spiro atoms. The molecule has 0 bridgehead atoms. The van der Waals surface area contributed by atoms with Crippen molar-refractivity contribution in [3.8, 4) is 0 Å². The fourth-order valence-electron chi connectivity index (χ4n) is 0.609. The van der Waals surface area contributed by atoms with Gasteiger partial charge in [-0.15, -0.1) is 10.2 Å². The summed E-state index contributed by atoms with van der Waals surface area (Å²) in [4.78, 5) is 0. The van der Waals surface area contributed by atoms with E-state index in [-0.39, 0.29) is 16.0 Å². The molecule has 1 aromatic heterocycles. The monoisotopic (exact) mass is 234 g/mol. The van der Waals surface area contributed by atoms with Crippen molar-refractivity contribution in [3.05, 3.63) is 12.2 Å². The highest BCUT2D eigenvalue weighted by molar-refractivity contribution is 7.91. The van der Waals surface area contributed by atoms with Gasteiger partial charge in [0.05, 0.1) is 0 Å². The zero-order valence-electron chi connectivity index (χ0n) is 7.52. The zero-order valence-corrected chi connectivity index (χ0v) is 9.15. The first-order chi connectivity index (χ1) is 6.42. The van der Waals surface area contributed by atoms with Crippen molar-refractivity contribution in [2.75, 3.05) is 12.3 Å². The Kier molecular flexibility index (Phi) is 3.19. The molecule has 14 heavy (non-hydrogen) atoms. The molecule has 0 saturated carbocycles. The molecule has 0 saturated heterocycles. The Morgan fingerprint density at radius 2 is 2.29 bits per heavy atom. The number of sulfonamides is 1. The minimum absolute atomic E-state index is 0.126. The Morgan fingerprint density at radius 1 is 1.64 bits per heavy atom. The number of nitrogens with one attached hydrogen (secondary N) is 1. The van der Waals surface area contributed by atoms with Crippen LogP contribution < -0.4 is 10.5 Å². The summed E-state index contributed by atoms with van der Waals surface area (Å²) in [6.45, 7) is 5.47. The van der Waals surface area contributed by atoms with E-state index in [0.29, 0.717) is 5.57 Å². The number of anilines is 1. The third-order valence-corrected chi connectivity index (χ3v) is 3.74. The maximum absolute atomic E-state index is 11.5.